The van der Waals surface area contributed by atoms with Gasteiger partial charge < -0.3 is 10.6 Å². The highest BCUT2D eigenvalue weighted by molar-refractivity contribution is 5.56. The lowest BCUT2D eigenvalue weighted by Crippen LogP contribution is -2.33. The lowest BCUT2D eigenvalue weighted by Gasteiger charge is -2.33. The fourth-order valence-electron chi connectivity index (χ4n) is 2.50. The van der Waals surface area contributed by atoms with E-state index in [2.05, 4.69) is 36.9 Å². The van der Waals surface area contributed by atoms with E-state index in [0.29, 0.717) is 6.54 Å². The van der Waals surface area contributed by atoms with Gasteiger partial charge in [-0.15, -0.1) is 0 Å². The van der Waals surface area contributed by atoms with Gasteiger partial charge in [-0.2, -0.15) is 0 Å². The molecule has 16 heavy (non-hydrogen) atoms. The number of hydrogen-bond donors (Lipinski definition) is 1. The molecule has 0 bridgehead atoms. The highest BCUT2D eigenvalue weighted by Crippen LogP contribution is 2.27. The van der Waals surface area contributed by atoms with Crippen LogP contribution < -0.4 is 10.6 Å². The molecular formula is C14H22N2. The zero-order chi connectivity index (χ0) is 11.5. The van der Waals surface area contributed by atoms with Crippen molar-refractivity contribution < 1.29 is 0 Å². The molecule has 0 radical (unpaired) electrons. The summed E-state index contributed by atoms with van der Waals surface area (Å²) >= 11 is 0. The van der Waals surface area contributed by atoms with Crippen LogP contribution in [0.15, 0.2) is 18.2 Å². The van der Waals surface area contributed by atoms with E-state index in [1.54, 1.807) is 0 Å². The summed E-state index contributed by atoms with van der Waals surface area (Å²) in [5.74, 6) is 0.877. The summed E-state index contributed by atoms with van der Waals surface area (Å²) in [5.41, 5.74) is 9.85. The van der Waals surface area contributed by atoms with E-state index in [4.69, 9.17) is 5.73 Å². The number of nitrogens with two attached hydrogens (primary N) is 1. The number of nitrogens with zero attached hydrogens (tertiary/aromatic N) is 1. The Balaban J connectivity index is 2.23. The average molecular weight is 218 g/mol. The first-order valence-corrected chi connectivity index (χ1v) is 6.26. The standard InChI is InChI=1S/C14H22N2/c1-11-6-8-16(9-7-11)14-5-3-4-12(2)13(14)10-15/h3-5,11H,6-10,15H2,1-2H3. The number of benzene rings is 1. The van der Waals surface area contributed by atoms with Crippen LogP contribution in [0.4, 0.5) is 5.69 Å². The van der Waals surface area contributed by atoms with Gasteiger partial charge in [-0.25, -0.2) is 0 Å². The molecule has 1 heterocycles. The Hall–Kier alpha value is -1.02. The van der Waals surface area contributed by atoms with Crippen LogP contribution >= 0.6 is 0 Å². The number of rotatable bonds is 2. The van der Waals surface area contributed by atoms with Crippen LogP contribution in [0.5, 0.6) is 0 Å². The topological polar surface area (TPSA) is 29.3 Å². The van der Waals surface area contributed by atoms with Gasteiger partial charge in [0, 0.05) is 25.3 Å². The molecule has 2 nitrogen and oxygen atoms in total. The third-order valence-electron chi connectivity index (χ3n) is 3.71. The van der Waals surface area contributed by atoms with Crippen LogP contribution in [0.2, 0.25) is 0 Å². The molecule has 0 unspecified atom stereocenters. The smallest absolute Gasteiger partial charge is 0.0414 e. The van der Waals surface area contributed by atoms with E-state index in [-0.39, 0.29) is 0 Å². The second-order valence-corrected chi connectivity index (χ2v) is 4.95. The van der Waals surface area contributed by atoms with Crippen LogP contribution in [0.25, 0.3) is 0 Å². The SMILES string of the molecule is Cc1cccc(N2CCC(C)CC2)c1CN. The maximum absolute atomic E-state index is 5.86. The van der Waals surface area contributed by atoms with Crippen LogP contribution in [0, 0.1) is 12.8 Å². The van der Waals surface area contributed by atoms with Crippen LogP contribution in [0.3, 0.4) is 0 Å². The molecule has 88 valence electrons. The normalized spacial score (nSPS) is 17.8. The summed E-state index contributed by atoms with van der Waals surface area (Å²) in [6.07, 6.45) is 2.61. The molecule has 2 heteroatoms. The molecule has 0 atom stereocenters. The van der Waals surface area contributed by atoms with Crippen LogP contribution in [0.1, 0.15) is 30.9 Å². The molecule has 1 saturated heterocycles. The number of hydrogen-bond acceptors (Lipinski definition) is 2. The highest BCUT2D eigenvalue weighted by atomic mass is 15.1. The number of aryl methyl sites for hydroxylation is 1. The Bertz CT molecular complexity index is 352. The minimum atomic E-state index is 0.647. The van der Waals surface area contributed by atoms with Gasteiger partial charge in [0.15, 0.2) is 0 Å². The predicted molar refractivity (Wildman–Crippen MR) is 69.7 cm³/mol. The van der Waals surface area contributed by atoms with Crippen molar-refractivity contribution in [2.75, 3.05) is 18.0 Å². The number of piperidine rings is 1. The molecule has 1 fully saturated rings. The molecule has 1 aromatic rings. The first kappa shape index (κ1) is 11.5. The maximum Gasteiger partial charge on any atom is 0.0414 e. The Morgan fingerprint density at radius 1 is 1.31 bits per heavy atom. The van der Waals surface area contributed by atoms with Crippen molar-refractivity contribution in [3.8, 4) is 0 Å². The van der Waals surface area contributed by atoms with E-state index in [1.165, 1.54) is 42.7 Å². The molecule has 0 aliphatic carbocycles. The van der Waals surface area contributed by atoms with Gasteiger partial charge in [-0.1, -0.05) is 19.1 Å². The van der Waals surface area contributed by atoms with Gasteiger partial charge in [-0.05, 0) is 42.9 Å². The molecule has 2 N–H and O–H groups in total. The third kappa shape index (κ3) is 2.22. The zero-order valence-electron chi connectivity index (χ0n) is 10.4. The molecule has 1 aliphatic heterocycles. The monoisotopic (exact) mass is 218 g/mol. The van der Waals surface area contributed by atoms with Crippen molar-refractivity contribution in [1.29, 1.82) is 0 Å². The molecule has 0 saturated carbocycles. The summed E-state index contributed by atoms with van der Waals surface area (Å²) < 4.78 is 0. The van der Waals surface area contributed by atoms with Crippen molar-refractivity contribution >= 4 is 5.69 Å². The second-order valence-electron chi connectivity index (χ2n) is 4.95. The van der Waals surface area contributed by atoms with Gasteiger partial charge in [0.1, 0.15) is 0 Å². The van der Waals surface area contributed by atoms with Gasteiger partial charge >= 0.3 is 0 Å². The lowest BCUT2D eigenvalue weighted by atomic mass is 9.97. The summed E-state index contributed by atoms with van der Waals surface area (Å²) in [6, 6.07) is 6.51. The van der Waals surface area contributed by atoms with Crippen molar-refractivity contribution in [2.45, 2.75) is 33.2 Å². The minimum absolute atomic E-state index is 0.647. The van der Waals surface area contributed by atoms with Crippen molar-refractivity contribution in [3.05, 3.63) is 29.3 Å². The fourth-order valence-corrected chi connectivity index (χ4v) is 2.50. The van der Waals surface area contributed by atoms with Gasteiger partial charge in [-0.3, -0.25) is 0 Å². The largest absolute Gasteiger partial charge is 0.371 e. The van der Waals surface area contributed by atoms with E-state index in [1.807, 2.05) is 0 Å². The van der Waals surface area contributed by atoms with E-state index < -0.39 is 0 Å². The highest BCUT2D eigenvalue weighted by Gasteiger charge is 2.18. The predicted octanol–water partition coefficient (Wildman–Crippen LogP) is 2.69. The van der Waals surface area contributed by atoms with Gasteiger partial charge in [0.05, 0.1) is 0 Å². The Labute approximate surface area is 98.4 Å². The summed E-state index contributed by atoms with van der Waals surface area (Å²) in [7, 11) is 0. The van der Waals surface area contributed by atoms with Crippen molar-refractivity contribution in [2.24, 2.45) is 11.7 Å². The van der Waals surface area contributed by atoms with Gasteiger partial charge in [0.2, 0.25) is 0 Å². The van der Waals surface area contributed by atoms with E-state index >= 15 is 0 Å². The van der Waals surface area contributed by atoms with Gasteiger partial charge in [0.25, 0.3) is 0 Å². The maximum atomic E-state index is 5.86. The number of anilines is 1. The fraction of sp³-hybridized carbons (Fsp3) is 0.571. The minimum Gasteiger partial charge on any atom is -0.371 e. The van der Waals surface area contributed by atoms with E-state index in [0.717, 1.165) is 5.92 Å². The molecule has 1 aliphatic rings. The Morgan fingerprint density at radius 3 is 2.62 bits per heavy atom. The quantitative estimate of drug-likeness (QED) is 0.827. The Morgan fingerprint density at radius 2 is 2.00 bits per heavy atom. The summed E-state index contributed by atoms with van der Waals surface area (Å²) in [4.78, 5) is 2.50. The molecule has 0 aromatic heterocycles. The zero-order valence-corrected chi connectivity index (χ0v) is 10.4. The molecule has 0 spiro atoms. The Kier molecular flexibility index (Phi) is 3.49. The summed E-state index contributed by atoms with van der Waals surface area (Å²) in [5, 5.41) is 0. The third-order valence-corrected chi connectivity index (χ3v) is 3.71. The second kappa shape index (κ2) is 4.88. The average Bonchev–Trinajstić information content (AvgIpc) is 2.30. The first-order chi connectivity index (χ1) is 7.72. The molecular weight excluding hydrogens is 196 g/mol. The van der Waals surface area contributed by atoms with Crippen LogP contribution in [-0.4, -0.2) is 13.1 Å². The van der Waals surface area contributed by atoms with E-state index in [9.17, 15) is 0 Å². The first-order valence-electron chi connectivity index (χ1n) is 6.26. The summed E-state index contributed by atoms with van der Waals surface area (Å²) in [6.45, 7) is 7.50. The van der Waals surface area contributed by atoms with Crippen molar-refractivity contribution in [3.63, 3.8) is 0 Å². The molecule has 0 amide bonds. The van der Waals surface area contributed by atoms with Crippen molar-refractivity contribution in [1.82, 2.24) is 0 Å². The lowest BCUT2D eigenvalue weighted by molar-refractivity contribution is 0.438. The molecule has 2 rings (SSSR count). The van der Waals surface area contributed by atoms with Crippen LogP contribution in [-0.2, 0) is 6.54 Å². The molecule has 1 aromatic carbocycles.